The van der Waals surface area contributed by atoms with Gasteiger partial charge in [0.2, 0.25) is 0 Å². The minimum Gasteiger partial charge on any atom is -0.490 e. The topological polar surface area (TPSA) is 51.1 Å². The molecule has 4 rings (SSSR count). The van der Waals surface area contributed by atoms with Crippen LogP contribution in [-0.4, -0.2) is 37.4 Å². The van der Waals surface area contributed by atoms with Gasteiger partial charge in [0.05, 0.1) is 24.6 Å². The molecule has 0 saturated heterocycles. The van der Waals surface area contributed by atoms with Crippen molar-refractivity contribution < 1.29 is 14.3 Å². The molecule has 3 aromatic rings. The second kappa shape index (κ2) is 10.3. The average molecular weight is 443 g/mol. The summed E-state index contributed by atoms with van der Waals surface area (Å²) >= 11 is 0. The van der Waals surface area contributed by atoms with E-state index in [1.807, 2.05) is 98.5 Å². The fourth-order valence-electron chi connectivity index (χ4n) is 4.20. The first-order valence-electron chi connectivity index (χ1n) is 11.6. The third kappa shape index (κ3) is 4.77. The first-order valence-corrected chi connectivity index (χ1v) is 11.6. The Kier molecular flexibility index (Phi) is 7.08. The quantitative estimate of drug-likeness (QED) is 0.476. The maximum absolute atomic E-state index is 13.7. The molecule has 33 heavy (non-hydrogen) atoms. The number of ether oxygens (including phenoxy) is 2. The minimum atomic E-state index is -0.527. The Labute approximate surface area is 195 Å². The molecule has 0 bridgehead atoms. The molecule has 1 unspecified atom stereocenters. The summed E-state index contributed by atoms with van der Waals surface area (Å²) < 4.78 is 11.8. The first-order chi connectivity index (χ1) is 16.2. The fourth-order valence-corrected chi connectivity index (χ4v) is 4.20. The molecule has 1 atom stereocenters. The van der Waals surface area contributed by atoms with Crippen molar-refractivity contribution >= 4 is 17.3 Å². The Morgan fingerprint density at radius 2 is 1.45 bits per heavy atom. The van der Waals surface area contributed by atoms with E-state index >= 15 is 0 Å². The Morgan fingerprint density at radius 3 is 2.06 bits per heavy atom. The number of benzodiazepines with no additional fused rings is 1. The van der Waals surface area contributed by atoms with Gasteiger partial charge in [0.1, 0.15) is 6.04 Å². The van der Waals surface area contributed by atoms with Crippen molar-refractivity contribution in [2.24, 2.45) is 4.99 Å². The second-order valence-corrected chi connectivity index (χ2v) is 7.81. The number of hydrogen-bond acceptors (Lipinski definition) is 4. The molecule has 1 heterocycles. The van der Waals surface area contributed by atoms with Crippen LogP contribution in [-0.2, 0) is 11.2 Å². The molecule has 0 N–H and O–H groups in total. The van der Waals surface area contributed by atoms with Crippen LogP contribution >= 0.6 is 0 Å². The molecular weight excluding hydrogens is 412 g/mol. The highest BCUT2D eigenvalue weighted by Gasteiger charge is 2.32. The fraction of sp³-hybridized carbons (Fsp3) is 0.286. The van der Waals surface area contributed by atoms with E-state index in [-0.39, 0.29) is 5.91 Å². The summed E-state index contributed by atoms with van der Waals surface area (Å²) in [5, 5.41) is 0. The average Bonchev–Trinajstić information content (AvgIpc) is 2.95. The van der Waals surface area contributed by atoms with Gasteiger partial charge in [-0.05, 0) is 32.4 Å². The zero-order chi connectivity index (χ0) is 23.2. The van der Waals surface area contributed by atoms with Gasteiger partial charge in [-0.1, -0.05) is 60.7 Å². The highest BCUT2D eigenvalue weighted by molar-refractivity contribution is 6.20. The van der Waals surface area contributed by atoms with Crippen LogP contribution in [0.1, 0.15) is 37.5 Å². The van der Waals surface area contributed by atoms with E-state index in [0.717, 1.165) is 28.1 Å². The number of carbonyl (C=O) groups excluding carboxylic acids is 1. The lowest BCUT2D eigenvalue weighted by Crippen LogP contribution is -2.38. The lowest BCUT2D eigenvalue weighted by Gasteiger charge is -2.25. The molecule has 1 aliphatic heterocycles. The molecule has 5 nitrogen and oxygen atoms in total. The summed E-state index contributed by atoms with van der Waals surface area (Å²) in [5.74, 6) is 1.28. The zero-order valence-corrected chi connectivity index (χ0v) is 19.5. The van der Waals surface area contributed by atoms with E-state index < -0.39 is 6.04 Å². The van der Waals surface area contributed by atoms with Crippen LogP contribution in [0.4, 0.5) is 5.69 Å². The monoisotopic (exact) mass is 442 g/mol. The molecular formula is C28H30N2O3. The van der Waals surface area contributed by atoms with E-state index in [2.05, 4.69) is 0 Å². The van der Waals surface area contributed by atoms with E-state index in [4.69, 9.17) is 14.5 Å². The smallest absolute Gasteiger partial charge is 0.252 e. The third-order valence-electron chi connectivity index (χ3n) is 5.68. The number of carbonyl (C=O) groups is 1. The zero-order valence-electron chi connectivity index (χ0n) is 19.5. The Balaban J connectivity index is 1.92. The summed E-state index contributed by atoms with van der Waals surface area (Å²) in [7, 11) is 0. The summed E-state index contributed by atoms with van der Waals surface area (Å²) in [6.07, 6.45) is 0.539. The van der Waals surface area contributed by atoms with E-state index in [1.54, 1.807) is 0 Å². The number of rotatable bonds is 8. The molecule has 3 aromatic carbocycles. The van der Waals surface area contributed by atoms with Crippen LogP contribution in [0, 0.1) is 0 Å². The van der Waals surface area contributed by atoms with Crippen molar-refractivity contribution in [2.75, 3.05) is 24.7 Å². The first kappa shape index (κ1) is 22.6. The molecule has 0 saturated carbocycles. The predicted molar refractivity (Wildman–Crippen MR) is 133 cm³/mol. The Morgan fingerprint density at radius 1 is 0.848 bits per heavy atom. The van der Waals surface area contributed by atoms with Crippen molar-refractivity contribution in [1.29, 1.82) is 0 Å². The normalized spacial score (nSPS) is 15.5. The van der Waals surface area contributed by atoms with Crippen LogP contribution in [0.5, 0.6) is 11.5 Å². The largest absolute Gasteiger partial charge is 0.490 e. The summed E-state index contributed by atoms with van der Waals surface area (Å²) in [6, 6.07) is 23.5. The lowest BCUT2D eigenvalue weighted by molar-refractivity contribution is -0.119. The number of likely N-dealkylation sites (N-methyl/N-ethyl adjacent to an activating group) is 1. The van der Waals surface area contributed by atoms with Gasteiger partial charge in [0.15, 0.2) is 11.5 Å². The summed E-state index contributed by atoms with van der Waals surface area (Å²) in [4.78, 5) is 20.6. The van der Waals surface area contributed by atoms with Crippen LogP contribution in [0.25, 0.3) is 0 Å². The van der Waals surface area contributed by atoms with E-state index in [9.17, 15) is 4.79 Å². The highest BCUT2D eigenvalue weighted by atomic mass is 16.5. The van der Waals surface area contributed by atoms with Gasteiger partial charge in [-0.25, -0.2) is 0 Å². The Hall–Kier alpha value is -3.60. The number of nitrogens with zero attached hydrogens (tertiary/aromatic N) is 2. The van der Waals surface area contributed by atoms with Crippen molar-refractivity contribution in [3.8, 4) is 11.5 Å². The Bertz CT molecular complexity index is 1130. The maximum atomic E-state index is 13.7. The predicted octanol–water partition coefficient (Wildman–Crippen LogP) is 5.30. The molecule has 5 heteroatoms. The number of hydrogen-bond donors (Lipinski definition) is 0. The number of amides is 1. The second-order valence-electron chi connectivity index (χ2n) is 7.81. The highest BCUT2D eigenvalue weighted by Crippen LogP contribution is 2.39. The van der Waals surface area contributed by atoms with E-state index in [1.165, 1.54) is 0 Å². The maximum Gasteiger partial charge on any atom is 0.252 e. The molecule has 0 aromatic heterocycles. The van der Waals surface area contributed by atoms with Gasteiger partial charge >= 0.3 is 0 Å². The number of fused-ring (bicyclic) bond motifs is 1. The third-order valence-corrected chi connectivity index (χ3v) is 5.68. The van der Waals surface area contributed by atoms with Gasteiger partial charge < -0.3 is 14.4 Å². The van der Waals surface area contributed by atoms with Crippen molar-refractivity contribution in [1.82, 2.24) is 0 Å². The van der Waals surface area contributed by atoms with Gasteiger partial charge in [0.25, 0.3) is 5.91 Å². The van der Waals surface area contributed by atoms with Gasteiger partial charge in [0, 0.05) is 30.2 Å². The SMILES string of the molecule is CCOc1cc2c(cc1OCC)N(CC)C(=O)C(Cc1ccccc1)N=C2c1ccccc1. The van der Waals surface area contributed by atoms with E-state index in [0.29, 0.717) is 37.7 Å². The molecule has 0 radical (unpaired) electrons. The summed E-state index contributed by atoms with van der Waals surface area (Å²) in [5.41, 5.74) is 4.51. The van der Waals surface area contributed by atoms with Crippen LogP contribution in [0.2, 0.25) is 0 Å². The van der Waals surface area contributed by atoms with Gasteiger partial charge in [-0.3, -0.25) is 9.79 Å². The van der Waals surface area contributed by atoms with Crippen molar-refractivity contribution in [2.45, 2.75) is 33.2 Å². The number of anilines is 1. The lowest BCUT2D eigenvalue weighted by atomic mass is 9.99. The molecule has 0 spiro atoms. The summed E-state index contributed by atoms with van der Waals surface area (Å²) in [6.45, 7) is 7.45. The van der Waals surface area contributed by atoms with Crippen LogP contribution in [0.15, 0.2) is 77.8 Å². The van der Waals surface area contributed by atoms with Gasteiger partial charge in [-0.2, -0.15) is 0 Å². The molecule has 0 fully saturated rings. The van der Waals surface area contributed by atoms with Crippen LogP contribution in [0.3, 0.4) is 0 Å². The minimum absolute atomic E-state index is 0.0138. The van der Waals surface area contributed by atoms with Crippen LogP contribution < -0.4 is 14.4 Å². The molecule has 170 valence electrons. The molecule has 0 aliphatic carbocycles. The molecule has 1 aliphatic rings. The standard InChI is InChI=1S/C28H30N2O3/c1-4-30-24-19-26(33-6-3)25(32-5-2)18-22(24)27(21-15-11-8-12-16-21)29-23(28(30)31)17-20-13-9-7-10-14-20/h7-16,18-19,23H,4-6,17H2,1-3H3. The van der Waals surface area contributed by atoms with Gasteiger partial charge in [-0.15, -0.1) is 0 Å². The number of aliphatic imine (C=N–C) groups is 1. The van der Waals surface area contributed by atoms with Crippen molar-refractivity contribution in [3.63, 3.8) is 0 Å². The molecule has 1 amide bonds. The van der Waals surface area contributed by atoms with Crippen molar-refractivity contribution in [3.05, 3.63) is 89.5 Å². The number of benzene rings is 3.